The zero-order valence-electron chi connectivity index (χ0n) is 11.5. The highest BCUT2D eigenvalue weighted by molar-refractivity contribution is 5.66. The largest absolute Gasteiger partial charge is 0.457 e. The van der Waals surface area contributed by atoms with Gasteiger partial charge in [0.15, 0.2) is 0 Å². The van der Waals surface area contributed by atoms with Crippen LogP contribution in [-0.2, 0) is 9.53 Å². The van der Waals surface area contributed by atoms with Gasteiger partial charge in [0.2, 0.25) is 0 Å². The number of carbonyl (C=O) groups is 1. The van der Waals surface area contributed by atoms with E-state index in [1.807, 2.05) is 72.8 Å². The van der Waals surface area contributed by atoms with Crippen LogP contribution in [0, 0.1) is 0 Å². The number of hydrogen-bond donors (Lipinski definition) is 0. The molecule has 0 fully saturated rings. The van der Waals surface area contributed by atoms with Gasteiger partial charge >= 0.3 is 5.97 Å². The molecule has 0 bridgehead atoms. The summed E-state index contributed by atoms with van der Waals surface area (Å²) in [5, 5.41) is 0. The topological polar surface area (TPSA) is 26.3 Å². The molecule has 2 nitrogen and oxygen atoms in total. The van der Waals surface area contributed by atoms with Gasteiger partial charge in [0.05, 0.1) is 0 Å². The molecular formula is C18H18O2. The molecule has 0 aliphatic carbocycles. The van der Waals surface area contributed by atoms with E-state index in [0.717, 1.165) is 11.1 Å². The second-order valence-electron chi connectivity index (χ2n) is 4.56. The van der Waals surface area contributed by atoms with Crippen LogP contribution in [0.5, 0.6) is 0 Å². The van der Waals surface area contributed by atoms with Crippen molar-refractivity contribution < 1.29 is 9.53 Å². The third-order valence-electron chi connectivity index (χ3n) is 2.94. The van der Waals surface area contributed by atoms with Gasteiger partial charge in [-0.05, 0) is 11.1 Å². The number of esters is 1. The molecule has 1 unspecified atom stereocenters. The van der Waals surface area contributed by atoms with Crippen molar-refractivity contribution in [3.8, 4) is 0 Å². The Morgan fingerprint density at radius 3 is 2.25 bits per heavy atom. The summed E-state index contributed by atoms with van der Waals surface area (Å²) in [6.45, 7) is 1.44. The number of benzene rings is 2. The Morgan fingerprint density at radius 1 is 1.05 bits per heavy atom. The summed E-state index contributed by atoms with van der Waals surface area (Å²) in [7, 11) is 0. The lowest BCUT2D eigenvalue weighted by molar-refractivity contribution is -0.146. The summed E-state index contributed by atoms with van der Waals surface area (Å²) in [6.07, 6.45) is 4.52. The molecule has 0 saturated heterocycles. The van der Waals surface area contributed by atoms with Crippen LogP contribution in [0.25, 0.3) is 6.08 Å². The molecule has 2 aromatic carbocycles. The zero-order chi connectivity index (χ0) is 14.2. The molecule has 0 heterocycles. The van der Waals surface area contributed by atoms with Crippen LogP contribution in [0.15, 0.2) is 66.7 Å². The van der Waals surface area contributed by atoms with Crippen molar-refractivity contribution in [1.29, 1.82) is 0 Å². The molecule has 0 N–H and O–H groups in total. The minimum atomic E-state index is -0.257. The van der Waals surface area contributed by atoms with E-state index < -0.39 is 0 Å². The third kappa shape index (κ3) is 4.39. The second-order valence-corrected chi connectivity index (χ2v) is 4.56. The first-order valence-electron chi connectivity index (χ1n) is 6.69. The molecule has 0 radical (unpaired) electrons. The quantitative estimate of drug-likeness (QED) is 0.750. The number of hydrogen-bond acceptors (Lipinski definition) is 2. The van der Waals surface area contributed by atoms with E-state index in [9.17, 15) is 4.79 Å². The molecule has 0 saturated carbocycles. The minimum Gasteiger partial charge on any atom is -0.457 e. The maximum atomic E-state index is 11.2. The molecule has 2 aromatic rings. The van der Waals surface area contributed by atoms with Crippen LogP contribution in [-0.4, -0.2) is 5.97 Å². The van der Waals surface area contributed by atoms with Crippen molar-refractivity contribution in [3.05, 3.63) is 77.9 Å². The molecule has 0 aliphatic rings. The maximum absolute atomic E-state index is 11.2. The molecule has 0 amide bonds. The lowest BCUT2D eigenvalue weighted by Gasteiger charge is -2.15. The molecule has 2 heteroatoms. The van der Waals surface area contributed by atoms with Gasteiger partial charge in [0, 0.05) is 13.3 Å². The lowest BCUT2D eigenvalue weighted by Crippen LogP contribution is -2.07. The van der Waals surface area contributed by atoms with Crippen LogP contribution >= 0.6 is 0 Å². The number of carbonyl (C=O) groups excluding carboxylic acids is 1. The smallest absolute Gasteiger partial charge is 0.303 e. The normalized spacial score (nSPS) is 12.2. The molecule has 20 heavy (non-hydrogen) atoms. The Labute approximate surface area is 119 Å². The second kappa shape index (κ2) is 7.29. The molecule has 0 aliphatic heterocycles. The molecule has 1 atom stereocenters. The number of ether oxygens (including phenoxy) is 1. The van der Waals surface area contributed by atoms with Gasteiger partial charge in [0.1, 0.15) is 6.10 Å². The average molecular weight is 266 g/mol. The standard InChI is InChI=1S/C18H18O2/c1-15(19)20-18(17-12-6-3-7-13-17)14-8-11-16-9-4-2-5-10-16/h2-13,18H,14H2,1H3/b11-8+. The van der Waals surface area contributed by atoms with Crippen LogP contribution in [0.1, 0.15) is 30.6 Å². The van der Waals surface area contributed by atoms with Crippen molar-refractivity contribution in [3.63, 3.8) is 0 Å². The monoisotopic (exact) mass is 266 g/mol. The summed E-state index contributed by atoms with van der Waals surface area (Å²) in [6, 6.07) is 19.9. The summed E-state index contributed by atoms with van der Waals surface area (Å²) < 4.78 is 5.38. The van der Waals surface area contributed by atoms with Crippen LogP contribution < -0.4 is 0 Å². The Bertz CT molecular complexity index is 558. The fraction of sp³-hybridized carbons (Fsp3) is 0.167. The van der Waals surface area contributed by atoms with E-state index in [4.69, 9.17) is 4.74 Å². The SMILES string of the molecule is CC(=O)OC(C/C=C/c1ccccc1)c1ccccc1. The van der Waals surface area contributed by atoms with Crippen molar-refractivity contribution in [2.45, 2.75) is 19.4 Å². The van der Waals surface area contributed by atoms with Gasteiger partial charge in [-0.15, -0.1) is 0 Å². The summed E-state index contributed by atoms with van der Waals surface area (Å²) in [5.74, 6) is -0.257. The number of rotatable bonds is 5. The van der Waals surface area contributed by atoms with Crippen LogP contribution in [0.2, 0.25) is 0 Å². The highest BCUT2D eigenvalue weighted by Crippen LogP contribution is 2.22. The molecule has 0 aromatic heterocycles. The van der Waals surface area contributed by atoms with Gasteiger partial charge in [-0.2, -0.15) is 0 Å². The zero-order valence-corrected chi connectivity index (χ0v) is 11.5. The predicted molar refractivity (Wildman–Crippen MR) is 81.0 cm³/mol. The first-order valence-corrected chi connectivity index (χ1v) is 6.69. The average Bonchev–Trinajstić information content (AvgIpc) is 2.48. The Morgan fingerprint density at radius 2 is 1.65 bits per heavy atom. The first kappa shape index (κ1) is 14.1. The highest BCUT2D eigenvalue weighted by atomic mass is 16.5. The van der Waals surface area contributed by atoms with Crippen LogP contribution in [0.3, 0.4) is 0 Å². The van der Waals surface area contributed by atoms with Crippen molar-refractivity contribution >= 4 is 12.0 Å². The Balaban J connectivity index is 2.05. The summed E-state index contributed by atoms with van der Waals surface area (Å²) in [4.78, 5) is 11.2. The summed E-state index contributed by atoms with van der Waals surface area (Å²) >= 11 is 0. The van der Waals surface area contributed by atoms with Crippen molar-refractivity contribution in [2.75, 3.05) is 0 Å². The fourth-order valence-corrected chi connectivity index (χ4v) is 2.01. The predicted octanol–water partition coefficient (Wildman–Crippen LogP) is 4.39. The van der Waals surface area contributed by atoms with E-state index in [2.05, 4.69) is 0 Å². The van der Waals surface area contributed by atoms with E-state index in [1.54, 1.807) is 0 Å². The van der Waals surface area contributed by atoms with Crippen LogP contribution in [0.4, 0.5) is 0 Å². The highest BCUT2D eigenvalue weighted by Gasteiger charge is 2.12. The fourth-order valence-electron chi connectivity index (χ4n) is 2.01. The third-order valence-corrected chi connectivity index (χ3v) is 2.94. The molecule has 2 rings (SSSR count). The van der Waals surface area contributed by atoms with Gasteiger partial charge in [-0.3, -0.25) is 4.79 Å². The Kier molecular flexibility index (Phi) is 5.13. The van der Waals surface area contributed by atoms with Gasteiger partial charge in [0.25, 0.3) is 0 Å². The molecular weight excluding hydrogens is 248 g/mol. The van der Waals surface area contributed by atoms with E-state index in [0.29, 0.717) is 6.42 Å². The van der Waals surface area contributed by atoms with Crippen molar-refractivity contribution in [2.24, 2.45) is 0 Å². The summed E-state index contributed by atoms with van der Waals surface area (Å²) in [5.41, 5.74) is 2.16. The van der Waals surface area contributed by atoms with Gasteiger partial charge in [-0.25, -0.2) is 0 Å². The van der Waals surface area contributed by atoms with Crippen molar-refractivity contribution in [1.82, 2.24) is 0 Å². The minimum absolute atomic E-state index is 0.228. The first-order chi connectivity index (χ1) is 9.75. The molecule has 102 valence electrons. The van der Waals surface area contributed by atoms with E-state index in [-0.39, 0.29) is 12.1 Å². The maximum Gasteiger partial charge on any atom is 0.303 e. The van der Waals surface area contributed by atoms with E-state index >= 15 is 0 Å². The lowest BCUT2D eigenvalue weighted by atomic mass is 10.1. The van der Waals surface area contributed by atoms with Gasteiger partial charge < -0.3 is 4.74 Å². The van der Waals surface area contributed by atoms with E-state index in [1.165, 1.54) is 6.92 Å². The Hall–Kier alpha value is -2.35. The molecule has 0 spiro atoms. The van der Waals surface area contributed by atoms with Gasteiger partial charge in [-0.1, -0.05) is 72.8 Å².